The number of carbonyl (C=O) groups is 1. The van der Waals surface area contributed by atoms with Crippen LogP contribution in [0.3, 0.4) is 0 Å². The summed E-state index contributed by atoms with van der Waals surface area (Å²) in [6.07, 6.45) is 9.14. The first-order chi connectivity index (χ1) is 14.8. The van der Waals surface area contributed by atoms with Crippen LogP contribution in [0.25, 0.3) is 0 Å². The fourth-order valence-electron chi connectivity index (χ4n) is 8.87. The summed E-state index contributed by atoms with van der Waals surface area (Å²) in [7, 11) is 0. The highest BCUT2D eigenvalue weighted by Gasteiger charge is 2.63. The Morgan fingerprint density at radius 1 is 1.23 bits per heavy atom. The van der Waals surface area contributed by atoms with Gasteiger partial charge in [-0.25, -0.2) is 0 Å². The molecule has 31 heavy (non-hydrogen) atoms. The summed E-state index contributed by atoms with van der Waals surface area (Å²) < 4.78 is 6.95. The zero-order valence-corrected chi connectivity index (χ0v) is 19.6. The number of piperidine rings is 1. The maximum absolute atomic E-state index is 14.1. The van der Waals surface area contributed by atoms with Crippen molar-refractivity contribution in [3.8, 4) is 0 Å². The predicted octanol–water partition coefficient (Wildman–Crippen LogP) is 4.18. The third-order valence-corrected chi connectivity index (χ3v) is 10.6. The van der Waals surface area contributed by atoms with Gasteiger partial charge < -0.3 is 15.2 Å². The van der Waals surface area contributed by atoms with Crippen LogP contribution in [0.4, 0.5) is 0 Å². The lowest BCUT2D eigenvalue weighted by Crippen LogP contribution is -2.50. The van der Waals surface area contributed by atoms with E-state index in [9.17, 15) is 9.90 Å². The number of ketones is 1. The van der Waals surface area contributed by atoms with Crippen molar-refractivity contribution < 1.29 is 14.6 Å². The average molecular weight is 426 g/mol. The van der Waals surface area contributed by atoms with E-state index in [4.69, 9.17) is 4.74 Å². The summed E-state index contributed by atoms with van der Waals surface area (Å²) in [6.45, 7) is 10.4. The third-order valence-electron chi connectivity index (χ3n) is 10.6. The second-order valence-electron chi connectivity index (χ2n) is 12.1. The van der Waals surface area contributed by atoms with E-state index in [0.29, 0.717) is 29.6 Å². The Labute approximate surface area is 186 Å². The Kier molecular flexibility index (Phi) is 4.51. The lowest BCUT2D eigenvalue weighted by molar-refractivity contribution is -0.127. The van der Waals surface area contributed by atoms with Crippen LogP contribution < -0.4 is 5.32 Å². The zero-order chi connectivity index (χ0) is 21.7. The van der Waals surface area contributed by atoms with Gasteiger partial charge in [0.05, 0.1) is 17.8 Å². The van der Waals surface area contributed by atoms with Crippen LogP contribution in [-0.4, -0.2) is 41.3 Å². The number of ether oxygens (including phenoxy) is 1. The third kappa shape index (κ3) is 2.62. The van der Waals surface area contributed by atoms with Gasteiger partial charge in [0, 0.05) is 29.4 Å². The smallest absolute Gasteiger partial charge is 0.163 e. The molecule has 4 nitrogen and oxygen atoms in total. The summed E-state index contributed by atoms with van der Waals surface area (Å²) in [5.74, 6) is 2.14. The largest absolute Gasteiger partial charge is 0.393 e. The molecular formula is C27H39NO3. The van der Waals surface area contributed by atoms with E-state index < -0.39 is 0 Å². The molecule has 1 saturated carbocycles. The molecule has 0 bridgehead atoms. The topological polar surface area (TPSA) is 58.6 Å². The lowest BCUT2D eigenvalue weighted by Gasteiger charge is -2.47. The Bertz CT molecular complexity index is 876. The van der Waals surface area contributed by atoms with Crippen LogP contribution in [0.2, 0.25) is 0 Å². The van der Waals surface area contributed by atoms with Gasteiger partial charge in [-0.15, -0.1) is 0 Å². The van der Waals surface area contributed by atoms with Gasteiger partial charge in [-0.05, 0) is 68.7 Å². The van der Waals surface area contributed by atoms with E-state index in [1.807, 2.05) is 0 Å². The van der Waals surface area contributed by atoms with Crippen LogP contribution in [0.1, 0.15) is 72.6 Å². The molecule has 2 aliphatic heterocycles. The maximum atomic E-state index is 14.1. The minimum absolute atomic E-state index is 0.0728. The Hall–Kier alpha value is -0.970. The normalized spacial score (nSPS) is 53.7. The molecular weight excluding hydrogens is 386 g/mol. The molecule has 0 radical (unpaired) electrons. The van der Waals surface area contributed by atoms with Gasteiger partial charge in [0.1, 0.15) is 0 Å². The first-order valence-electron chi connectivity index (χ1n) is 12.8. The molecule has 0 aromatic rings. The average Bonchev–Trinajstić information content (AvgIpc) is 3.18. The molecule has 0 aromatic heterocycles. The minimum atomic E-state index is -0.233. The van der Waals surface area contributed by atoms with Crippen molar-refractivity contribution in [1.29, 1.82) is 0 Å². The van der Waals surface area contributed by atoms with Gasteiger partial charge in [-0.2, -0.15) is 0 Å². The van der Waals surface area contributed by atoms with Gasteiger partial charge >= 0.3 is 0 Å². The molecule has 0 aromatic carbocycles. The van der Waals surface area contributed by atoms with Crippen LogP contribution >= 0.6 is 0 Å². The first kappa shape index (κ1) is 20.6. The molecule has 6 aliphatic rings. The van der Waals surface area contributed by atoms with Crippen LogP contribution in [0, 0.1) is 35.0 Å². The summed E-state index contributed by atoms with van der Waals surface area (Å²) in [5, 5.41) is 14.0. The monoisotopic (exact) mass is 425 g/mol. The van der Waals surface area contributed by atoms with E-state index in [1.165, 1.54) is 11.1 Å². The van der Waals surface area contributed by atoms with Gasteiger partial charge in [-0.1, -0.05) is 44.9 Å². The summed E-state index contributed by atoms with van der Waals surface area (Å²) in [6, 6.07) is 0.421. The molecule has 4 heteroatoms. The van der Waals surface area contributed by atoms with Gasteiger partial charge in [0.2, 0.25) is 0 Å². The number of rotatable bonds is 0. The Morgan fingerprint density at radius 3 is 2.84 bits per heavy atom. The number of aliphatic hydroxyl groups excluding tert-OH is 1. The number of fused-ring (bicyclic) bond motifs is 5. The molecule has 170 valence electrons. The highest BCUT2D eigenvalue weighted by atomic mass is 16.5. The van der Waals surface area contributed by atoms with Gasteiger partial charge in [-0.3, -0.25) is 4.79 Å². The molecule has 2 heterocycles. The SMILES string of the molecule is C[C@@H]1CN[C@H]2[C@@H](C)[C@@]3(CCC4=C(C(=O)[C@H]5[C@H]4CC=C4C[C@@H](O)CC[C@@]45C)[C@H]3C)O[C@@H]2C1. The highest BCUT2D eigenvalue weighted by molar-refractivity contribution is 6.03. The van der Waals surface area contributed by atoms with Crippen molar-refractivity contribution in [2.75, 3.05) is 6.54 Å². The molecule has 10 atom stereocenters. The van der Waals surface area contributed by atoms with E-state index in [-0.39, 0.29) is 35.1 Å². The first-order valence-corrected chi connectivity index (χ1v) is 12.8. The van der Waals surface area contributed by atoms with E-state index in [1.54, 1.807) is 0 Å². The van der Waals surface area contributed by atoms with E-state index >= 15 is 0 Å². The zero-order valence-electron chi connectivity index (χ0n) is 19.6. The van der Waals surface area contributed by atoms with Crippen LogP contribution in [-0.2, 0) is 9.53 Å². The Morgan fingerprint density at radius 2 is 2.03 bits per heavy atom. The number of allylic oxidation sites excluding steroid dienone is 2. The number of aliphatic hydroxyl groups is 1. The standard InChI is InChI=1S/C27H39NO3/c1-14-11-21-24(28-13-14)16(3)27(31-21)10-8-19-20-6-5-17-12-18(29)7-9-26(17,4)23(20)25(30)22(19)15(27)2/h5,14-16,18,20-21,23-24,28-29H,6-13H2,1-4H3/t14-,15+,16+,18-,20-,21+,23+,24-,26-,27-/m0/s1. The van der Waals surface area contributed by atoms with Crippen molar-refractivity contribution >= 4 is 5.78 Å². The quantitative estimate of drug-likeness (QED) is 0.572. The van der Waals surface area contributed by atoms with Crippen molar-refractivity contribution in [1.82, 2.24) is 5.32 Å². The predicted molar refractivity (Wildman–Crippen MR) is 120 cm³/mol. The number of nitrogens with one attached hydrogen (secondary N) is 1. The van der Waals surface area contributed by atoms with Gasteiger partial charge in [0.25, 0.3) is 0 Å². The maximum Gasteiger partial charge on any atom is 0.163 e. The second kappa shape index (κ2) is 6.77. The minimum Gasteiger partial charge on any atom is -0.393 e. The lowest BCUT2D eigenvalue weighted by atomic mass is 9.56. The highest BCUT2D eigenvalue weighted by Crippen LogP contribution is 2.63. The molecule has 6 rings (SSSR count). The summed E-state index contributed by atoms with van der Waals surface area (Å²) in [4.78, 5) is 14.1. The molecule has 2 saturated heterocycles. The van der Waals surface area contributed by atoms with E-state index in [2.05, 4.69) is 39.1 Å². The van der Waals surface area contributed by atoms with Crippen molar-refractivity contribution in [3.05, 3.63) is 22.8 Å². The van der Waals surface area contributed by atoms with Crippen molar-refractivity contribution in [2.45, 2.75) is 96.5 Å². The molecule has 2 N–H and O–H groups in total. The molecule has 1 spiro atoms. The molecule has 0 unspecified atom stereocenters. The van der Waals surface area contributed by atoms with Crippen molar-refractivity contribution in [3.63, 3.8) is 0 Å². The van der Waals surface area contributed by atoms with Crippen LogP contribution in [0.5, 0.6) is 0 Å². The fraction of sp³-hybridized carbons (Fsp3) is 0.815. The van der Waals surface area contributed by atoms with E-state index in [0.717, 1.165) is 57.1 Å². The number of carbonyl (C=O) groups excluding carboxylic acids is 1. The second-order valence-corrected chi connectivity index (χ2v) is 12.1. The fourth-order valence-corrected chi connectivity index (χ4v) is 8.87. The summed E-state index contributed by atoms with van der Waals surface area (Å²) in [5.41, 5.74) is 3.67. The molecule has 4 aliphatic carbocycles. The number of hydrogen-bond donors (Lipinski definition) is 2. The van der Waals surface area contributed by atoms with Crippen molar-refractivity contribution in [2.24, 2.45) is 35.0 Å². The van der Waals surface area contributed by atoms with Gasteiger partial charge in [0.15, 0.2) is 5.78 Å². The number of hydrogen-bond acceptors (Lipinski definition) is 4. The molecule has 0 amide bonds. The van der Waals surface area contributed by atoms with Crippen LogP contribution in [0.15, 0.2) is 22.8 Å². The number of Topliss-reactive ketones (excluding diaryl/α,β-unsaturated/α-hetero) is 1. The Balaban J connectivity index is 1.34. The molecule has 3 fully saturated rings. The summed E-state index contributed by atoms with van der Waals surface area (Å²) >= 11 is 0.